The predicted octanol–water partition coefficient (Wildman–Crippen LogP) is 4.23. The largest absolute Gasteiger partial charge is 0.312 e. The highest BCUT2D eigenvalue weighted by molar-refractivity contribution is 9.10. The molecule has 0 bridgehead atoms. The summed E-state index contributed by atoms with van der Waals surface area (Å²) >= 11 is 3.70. The van der Waals surface area contributed by atoms with Gasteiger partial charge in [-0.1, -0.05) is 13.8 Å². The molecular formula is C16H30BrN3. The van der Waals surface area contributed by atoms with Gasteiger partial charge in [-0.25, -0.2) is 0 Å². The monoisotopic (exact) mass is 343 g/mol. The molecule has 0 aliphatic carbocycles. The van der Waals surface area contributed by atoms with Crippen LogP contribution in [0.1, 0.15) is 58.8 Å². The first-order valence-electron chi connectivity index (χ1n) is 7.57. The molecule has 116 valence electrons. The molecule has 0 amide bonds. The van der Waals surface area contributed by atoms with E-state index in [1.165, 1.54) is 23.0 Å². The normalized spacial score (nSPS) is 13.0. The smallest absolute Gasteiger partial charge is 0.0738 e. The average molecular weight is 344 g/mol. The molecule has 20 heavy (non-hydrogen) atoms. The molecule has 0 spiro atoms. The summed E-state index contributed by atoms with van der Waals surface area (Å²) in [6, 6.07) is 0. The van der Waals surface area contributed by atoms with Crippen LogP contribution in [0.3, 0.4) is 0 Å². The van der Waals surface area contributed by atoms with Crippen LogP contribution in [0.25, 0.3) is 0 Å². The number of nitrogens with one attached hydrogen (secondary N) is 1. The Bertz CT molecular complexity index is 439. The van der Waals surface area contributed by atoms with Crippen LogP contribution < -0.4 is 5.32 Å². The fraction of sp³-hybridized carbons (Fsp3) is 0.812. The van der Waals surface area contributed by atoms with Gasteiger partial charge in [0, 0.05) is 19.1 Å². The molecule has 0 saturated heterocycles. The Labute approximate surface area is 132 Å². The zero-order valence-corrected chi connectivity index (χ0v) is 15.7. The van der Waals surface area contributed by atoms with Crippen molar-refractivity contribution in [1.82, 2.24) is 15.1 Å². The molecule has 1 N–H and O–H groups in total. The maximum atomic E-state index is 4.52. The summed E-state index contributed by atoms with van der Waals surface area (Å²) in [4.78, 5) is 0. The van der Waals surface area contributed by atoms with Gasteiger partial charge in [0.05, 0.1) is 15.9 Å². The highest BCUT2D eigenvalue weighted by Gasteiger charge is 2.30. The Balaban J connectivity index is 2.96. The van der Waals surface area contributed by atoms with Gasteiger partial charge in [0.2, 0.25) is 0 Å². The topological polar surface area (TPSA) is 29.9 Å². The van der Waals surface area contributed by atoms with Gasteiger partial charge in [0.1, 0.15) is 0 Å². The molecule has 1 aromatic rings. The molecule has 0 aliphatic rings. The summed E-state index contributed by atoms with van der Waals surface area (Å²) in [6.45, 7) is 14.4. The van der Waals surface area contributed by atoms with Crippen molar-refractivity contribution >= 4 is 15.9 Å². The molecule has 0 fully saturated rings. The van der Waals surface area contributed by atoms with Crippen LogP contribution in [-0.2, 0) is 13.5 Å². The van der Waals surface area contributed by atoms with Gasteiger partial charge in [0.15, 0.2) is 0 Å². The first-order chi connectivity index (χ1) is 9.14. The zero-order valence-electron chi connectivity index (χ0n) is 14.1. The van der Waals surface area contributed by atoms with Gasteiger partial charge in [-0.05, 0) is 68.3 Å². The minimum atomic E-state index is 0.162. The number of hydrogen-bond donors (Lipinski definition) is 1. The second-order valence-corrected chi connectivity index (χ2v) is 7.75. The number of aromatic nitrogens is 2. The number of rotatable bonds is 6. The molecule has 0 saturated carbocycles. The lowest BCUT2D eigenvalue weighted by Gasteiger charge is -2.35. The third kappa shape index (κ3) is 4.32. The van der Waals surface area contributed by atoms with Gasteiger partial charge in [-0.15, -0.1) is 0 Å². The zero-order chi connectivity index (χ0) is 15.6. The van der Waals surface area contributed by atoms with E-state index in [0.717, 1.165) is 18.7 Å². The summed E-state index contributed by atoms with van der Waals surface area (Å²) in [7, 11) is 2.04. The Morgan fingerprint density at radius 1 is 1.20 bits per heavy atom. The molecular weight excluding hydrogens is 314 g/mol. The summed E-state index contributed by atoms with van der Waals surface area (Å²) in [5.74, 6) is 0. The first-order valence-corrected chi connectivity index (χ1v) is 8.36. The molecule has 1 heterocycles. The lowest BCUT2D eigenvalue weighted by Crippen LogP contribution is -2.44. The van der Waals surface area contributed by atoms with Crippen LogP contribution in [0.15, 0.2) is 4.47 Å². The van der Waals surface area contributed by atoms with E-state index >= 15 is 0 Å². The number of hydrogen-bond acceptors (Lipinski definition) is 2. The molecule has 1 rings (SSSR count). The van der Waals surface area contributed by atoms with Crippen molar-refractivity contribution in [1.29, 1.82) is 0 Å². The molecule has 0 atom stereocenters. The molecule has 0 unspecified atom stereocenters. The Morgan fingerprint density at radius 3 is 2.10 bits per heavy atom. The van der Waals surface area contributed by atoms with Crippen molar-refractivity contribution in [3.8, 4) is 0 Å². The number of aryl methyl sites for hydroxylation is 2. The third-order valence-electron chi connectivity index (χ3n) is 4.30. The Morgan fingerprint density at radius 2 is 1.75 bits per heavy atom. The maximum Gasteiger partial charge on any atom is 0.0738 e. The van der Waals surface area contributed by atoms with E-state index in [1.54, 1.807) is 0 Å². The van der Waals surface area contributed by atoms with Crippen LogP contribution in [0.2, 0.25) is 0 Å². The second-order valence-electron chi connectivity index (χ2n) is 6.96. The third-order valence-corrected chi connectivity index (χ3v) is 5.33. The van der Waals surface area contributed by atoms with Crippen LogP contribution >= 0.6 is 15.9 Å². The molecule has 0 radical (unpaired) electrons. The summed E-state index contributed by atoms with van der Waals surface area (Å²) in [6.07, 6.45) is 3.40. The van der Waals surface area contributed by atoms with Gasteiger partial charge in [0.25, 0.3) is 0 Å². The highest BCUT2D eigenvalue weighted by atomic mass is 79.9. The standard InChI is InChI=1S/C16H30BrN3/c1-8-16(9-2,11-18-15(4,5)6)10-13-14(17)12(3)19-20(13)7/h18H,8-11H2,1-7H3. The molecule has 4 heteroatoms. The quantitative estimate of drug-likeness (QED) is 0.837. The molecule has 3 nitrogen and oxygen atoms in total. The first kappa shape index (κ1) is 17.7. The van der Waals surface area contributed by atoms with Gasteiger partial charge < -0.3 is 5.32 Å². The van der Waals surface area contributed by atoms with E-state index < -0.39 is 0 Å². The lowest BCUT2D eigenvalue weighted by atomic mass is 9.77. The average Bonchev–Trinajstić information content (AvgIpc) is 2.59. The van der Waals surface area contributed by atoms with Gasteiger partial charge in [-0.2, -0.15) is 5.10 Å². The maximum absolute atomic E-state index is 4.52. The molecule has 0 aromatic carbocycles. The van der Waals surface area contributed by atoms with E-state index in [9.17, 15) is 0 Å². The van der Waals surface area contributed by atoms with Gasteiger partial charge in [-0.3, -0.25) is 4.68 Å². The van der Waals surface area contributed by atoms with Crippen molar-refractivity contribution in [2.24, 2.45) is 12.5 Å². The van der Waals surface area contributed by atoms with Crippen molar-refractivity contribution < 1.29 is 0 Å². The SMILES string of the molecule is CCC(CC)(CNC(C)(C)C)Cc1c(Br)c(C)nn1C. The van der Waals surface area contributed by atoms with E-state index in [4.69, 9.17) is 0 Å². The lowest BCUT2D eigenvalue weighted by molar-refractivity contribution is 0.216. The van der Waals surface area contributed by atoms with E-state index in [0.29, 0.717) is 0 Å². The van der Waals surface area contributed by atoms with E-state index in [2.05, 4.69) is 67.9 Å². The van der Waals surface area contributed by atoms with Crippen molar-refractivity contribution in [3.63, 3.8) is 0 Å². The van der Waals surface area contributed by atoms with Gasteiger partial charge >= 0.3 is 0 Å². The van der Waals surface area contributed by atoms with E-state index in [-0.39, 0.29) is 11.0 Å². The van der Waals surface area contributed by atoms with Crippen molar-refractivity contribution in [3.05, 3.63) is 15.9 Å². The molecule has 1 aromatic heterocycles. The second kappa shape index (κ2) is 6.61. The summed E-state index contributed by atoms with van der Waals surface area (Å²) < 4.78 is 3.19. The van der Waals surface area contributed by atoms with Crippen LogP contribution in [-0.4, -0.2) is 21.9 Å². The van der Waals surface area contributed by atoms with Crippen LogP contribution in [0.4, 0.5) is 0 Å². The Kier molecular flexibility index (Phi) is 5.85. The minimum Gasteiger partial charge on any atom is -0.312 e. The summed E-state index contributed by atoms with van der Waals surface area (Å²) in [5.41, 5.74) is 2.83. The fourth-order valence-corrected chi connectivity index (χ4v) is 2.97. The van der Waals surface area contributed by atoms with E-state index in [1.807, 2.05) is 11.7 Å². The van der Waals surface area contributed by atoms with Crippen molar-refractivity contribution in [2.75, 3.05) is 6.54 Å². The minimum absolute atomic E-state index is 0.162. The highest BCUT2D eigenvalue weighted by Crippen LogP contribution is 2.34. The van der Waals surface area contributed by atoms with Crippen LogP contribution in [0, 0.1) is 12.3 Å². The Hall–Kier alpha value is -0.350. The van der Waals surface area contributed by atoms with Crippen molar-refractivity contribution in [2.45, 2.75) is 66.3 Å². The predicted molar refractivity (Wildman–Crippen MR) is 90.1 cm³/mol. The fourth-order valence-electron chi connectivity index (χ4n) is 2.49. The van der Waals surface area contributed by atoms with Crippen LogP contribution in [0.5, 0.6) is 0 Å². The number of halogens is 1. The number of nitrogens with zero attached hydrogens (tertiary/aromatic N) is 2. The summed E-state index contributed by atoms with van der Waals surface area (Å²) in [5, 5.41) is 8.21. The molecule has 0 aliphatic heterocycles.